The largest absolute Gasteiger partial charge is 0.481 e. The Morgan fingerprint density at radius 3 is 2.85 bits per heavy atom. The van der Waals surface area contributed by atoms with E-state index in [2.05, 4.69) is 5.32 Å². The lowest BCUT2D eigenvalue weighted by molar-refractivity contribution is -0.137. The Balaban J connectivity index is 2.08. The number of benzene rings is 1. The van der Waals surface area contributed by atoms with E-state index in [1.54, 1.807) is 4.90 Å². The number of hydrogen-bond acceptors (Lipinski definition) is 2. The number of para-hydroxylation sites is 1. The van der Waals surface area contributed by atoms with Gasteiger partial charge in [-0.25, -0.2) is 4.79 Å². The Morgan fingerprint density at radius 2 is 2.15 bits per heavy atom. The van der Waals surface area contributed by atoms with Gasteiger partial charge in [0.15, 0.2) is 0 Å². The molecule has 0 aliphatic carbocycles. The van der Waals surface area contributed by atoms with Gasteiger partial charge in [-0.1, -0.05) is 25.1 Å². The first-order valence-electron chi connectivity index (χ1n) is 6.99. The lowest BCUT2D eigenvalue weighted by Crippen LogP contribution is -2.47. The van der Waals surface area contributed by atoms with E-state index in [9.17, 15) is 9.59 Å². The Kier molecular flexibility index (Phi) is 4.61. The van der Waals surface area contributed by atoms with Crippen molar-refractivity contribution in [2.75, 3.05) is 11.4 Å². The number of rotatable bonds is 4. The van der Waals surface area contributed by atoms with E-state index in [1.165, 1.54) is 5.56 Å². The predicted octanol–water partition coefficient (Wildman–Crippen LogP) is 2.40. The number of carboxylic acid groups (broad SMARTS) is 1. The van der Waals surface area contributed by atoms with Crippen LogP contribution in [-0.2, 0) is 11.2 Å². The first kappa shape index (κ1) is 14.4. The standard InChI is InChI=1S/C15H20N2O3/c1-2-12(10-14(18)19)16-15(20)17-9-5-7-11-6-3-4-8-13(11)17/h3-4,6,8,12H,2,5,7,9-10H2,1H3,(H,16,20)(H,18,19). The maximum Gasteiger partial charge on any atom is 0.322 e. The number of nitrogens with zero attached hydrogens (tertiary/aromatic N) is 1. The highest BCUT2D eigenvalue weighted by Gasteiger charge is 2.24. The van der Waals surface area contributed by atoms with Crippen LogP contribution in [0.5, 0.6) is 0 Å². The third-order valence-corrected chi connectivity index (χ3v) is 3.60. The molecule has 0 saturated carbocycles. The van der Waals surface area contributed by atoms with E-state index < -0.39 is 5.97 Å². The highest BCUT2D eigenvalue weighted by atomic mass is 16.4. The highest BCUT2D eigenvalue weighted by Crippen LogP contribution is 2.26. The van der Waals surface area contributed by atoms with Crippen LogP contribution in [0.1, 0.15) is 31.7 Å². The predicted molar refractivity (Wildman–Crippen MR) is 77.0 cm³/mol. The fraction of sp³-hybridized carbons (Fsp3) is 0.467. The lowest BCUT2D eigenvalue weighted by atomic mass is 10.0. The SMILES string of the molecule is CCC(CC(=O)O)NC(=O)N1CCCc2ccccc21. The first-order valence-corrected chi connectivity index (χ1v) is 6.99. The van der Waals surface area contributed by atoms with Gasteiger partial charge in [-0.2, -0.15) is 0 Å². The molecule has 108 valence electrons. The number of carbonyl (C=O) groups is 2. The topological polar surface area (TPSA) is 69.6 Å². The van der Waals surface area contributed by atoms with Gasteiger partial charge in [-0.3, -0.25) is 9.69 Å². The van der Waals surface area contributed by atoms with Crippen LogP contribution in [0.2, 0.25) is 0 Å². The second kappa shape index (κ2) is 6.41. The molecular weight excluding hydrogens is 256 g/mol. The van der Waals surface area contributed by atoms with Crippen LogP contribution in [0.15, 0.2) is 24.3 Å². The molecule has 1 heterocycles. The minimum absolute atomic E-state index is 0.0439. The molecule has 0 bridgehead atoms. The Labute approximate surface area is 118 Å². The van der Waals surface area contributed by atoms with Crippen LogP contribution >= 0.6 is 0 Å². The average Bonchev–Trinajstić information content (AvgIpc) is 2.45. The van der Waals surface area contributed by atoms with Crippen LogP contribution in [0.3, 0.4) is 0 Å². The van der Waals surface area contributed by atoms with Crippen LogP contribution in [-0.4, -0.2) is 29.7 Å². The van der Waals surface area contributed by atoms with E-state index >= 15 is 0 Å². The molecule has 0 fully saturated rings. The van der Waals surface area contributed by atoms with Gasteiger partial charge in [0.05, 0.1) is 6.42 Å². The van der Waals surface area contributed by atoms with Crippen molar-refractivity contribution in [3.05, 3.63) is 29.8 Å². The number of aliphatic carboxylic acids is 1. The first-order chi connectivity index (χ1) is 9.61. The van der Waals surface area contributed by atoms with E-state index in [-0.39, 0.29) is 18.5 Å². The second-order valence-corrected chi connectivity index (χ2v) is 5.04. The van der Waals surface area contributed by atoms with Crippen molar-refractivity contribution in [1.82, 2.24) is 5.32 Å². The number of nitrogens with one attached hydrogen (secondary N) is 1. The third-order valence-electron chi connectivity index (χ3n) is 3.60. The molecule has 2 amide bonds. The number of anilines is 1. The quantitative estimate of drug-likeness (QED) is 0.887. The second-order valence-electron chi connectivity index (χ2n) is 5.04. The number of urea groups is 1. The summed E-state index contributed by atoms with van der Waals surface area (Å²) in [5.74, 6) is -0.892. The molecule has 0 aromatic heterocycles. The van der Waals surface area contributed by atoms with Crippen molar-refractivity contribution in [1.29, 1.82) is 0 Å². The summed E-state index contributed by atoms with van der Waals surface area (Å²) in [7, 11) is 0. The molecule has 2 N–H and O–H groups in total. The van der Waals surface area contributed by atoms with Crippen molar-refractivity contribution in [3.63, 3.8) is 0 Å². The molecule has 0 spiro atoms. The van der Waals surface area contributed by atoms with Gasteiger partial charge in [0.25, 0.3) is 0 Å². The number of carbonyl (C=O) groups excluding carboxylic acids is 1. The number of amides is 2. The summed E-state index contributed by atoms with van der Waals surface area (Å²) in [4.78, 5) is 24.8. The minimum Gasteiger partial charge on any atom is -0.481 e. The summed E-state index contributed by atoms with van der Waals surface area (Å²) in [6.07, 6.45) is 2.47. The van der Waals surface area contributed by atoms with E-state index in [0.717, 1.165) is 18.5 Å². The van der Waals surface area contributed by atoms with E-state index in [0.29, 0.717) is 13.0 Å². The maximum absolute atomic E-state index is 12.3. The molecule has 1 atom stereocenters. The molecule has 1 unspecified atom stereocenters. The van der Waals surface area contributed by atoms with Gasteiger partial charge < -0.3 is 10.4 Å². The zero-order chi connectivity index (χ0) is 14.5. The number of fused-ring (bicyclic) bond motifs is 1. The summed E-state index contributed by atoms with van der Waals surface area (Å²) >= 11 is 0. The summed E-state index contributed by atoms with van der Waals surface area (Å²) in [6.45, 7) is 2.55. The van der Waals surface area contributed by atoms with Crippen molar-refractivity contribution in [3.8, 4) is 0 Å². The Morgan fingerprint density at radius 1 is 1.40 bits per heavy atom. The van der Waals surface area contributed by atoms with Gasteiger partial charge in [0.1, 0.15) is 0 Å². The van der Waals surface area contributed by atoms with Gasteiger partial charge in [-0.15, -0.1) is 0 Å². The van der Waals surface area contributed by atoms with Gasteiger partial charge in [0.2, 0.25) is 0 Å². The lowest BCUT2D eigenvalue weighted by Gasteiger charge is -2.30. The highest BCUT2D eigenvalue weighted by molar-refractivity contribution is 5.93. The number of aryl methyl sites for hydroxylation is 1. The molecule has 5 nitrogen and oxygen atoms in total. The molecular formula is C15H20N2O3. The fourth-order valence-electron chi connectivity index (χ4n) is 2.51. The molecule has 2 rings (SSSR count). The van der Waals surface area contributed by atoms with Crippen molar-refractivity contribution >= 4 is 17.7 Å². The molecule has 5 heteroatoms. The molecule has 0 saturated heterocycles. The van der Waals surface area contributed by atoms with E-state index in [4.69, 9.17) is 5.11 Å². The fourth-order valence-corrected chi connectivity index (χ4v) is 2.51. The Hall–Kier alpha value is -2.04. The average molecular weight is 276 g/mol. The smallest absolute Gasteiger partial charge is 0.322 e. The van der Waals surface area contributed by atoms with Crippen molar-refractivity contribution in [2.24, 2.45) is 0 Å². The van der Waals surface area contributed by atoms with Crippen LogP contribution < -0.4 is 10.2 Å². The van der Waals surface area contributed by atoms with Crippen molar-refractivity contribution < 1.29 is 14.7 Å². The van der Waals surface area contributed by atoms with Gasteiger partial charge >= 0.3 is 12.0 Å². The summed E-state index contributed by atoms with van der Waals surface area (Å²) in [5, 5.41) is 11.6. The number of carboxylic acids is 1. The van der Waals surface area contributed by atoms with Crippen LogP contribution in [0, 0.1) is 0 Å². The Bertz CT molecular complexity index is 502. The van der Waals surface area contributed by atoms with Gasteiger partial charge in [0, 0.05) is 18.3 Å². The minimum atomic E-state index is -0.892. The summed E-state index contributed by atoms with van der Waals surface area (Å²) < 4.78 is 0. The zero-order valence-corrected chi connectivity index (χ0v) is 11.6. The molecule has 1 aromatic rings. The van der Waals surface area contributed by atoms with E-state index in [1.807, 2.05) is 31.2 Å². The molecule has 0 radical (unpaired) electrons. The summed E-state index contributed by atoms with van der Waals surface area (Å²) in [6, 6.07) is 7.33. The normalized spacial score (nSPS) is 15.3. The molecule has 1 aliphatic rings. The molecule has 1 aliphatic heterocycles. The van der Waals surface area contributed by atoms with Crippen molar-refractivity contribution in [2.45, 2.75) is 38.6 Å². The monoisotopic (exact) mass is 276 g/mol. The molecule has 20 heavy (non-hydrogen) atoms. The molecule has 1 aromatic carbocycles. The van der Waals surface area contributed by atoms with Crippen LogP contribution in [0.25, 0.3) is 0 Å². The van der Waals surface area contributed by atoms with Gasteiger partial charge in [-0.05, 0) is 30.9 Å². The third kappa shape index (κ3) is 3.29. The number of hydrogen-bond donors (Lipinski definition) is 2. The zero-order valence-electron chi connectivity index (χ0n) is 11.6. The van der Waals surface area contributed by atoms with Crippen LogP contribution in [0.4, 0.5) is 10.5 Å². The summed E-state index contributed by atoms with van der Waals surface area (Å²) in [5.41, 5.74) is 2.10. The maximum atomic E-state index is 12.3.